The zero-order chi connectivity index (χ0) is 18.1. The van der Waals surface area contributed by atoms with E-state index in [1.807, 2.05) is 0 Å². The first-order valence-corrected chi connectivity index (χ1v) is 8.05. The fourth-order valence-electron chi connectivity index (χ4n) is 3.41. The number of halogens is 2. The van der Waals surface area contributed by atoms with Crippen LogP contribution >= 0.6 is 0 Å². The molecule has 1 N–H and O–H groups in total. The molecule has 3 heterocycles. The van der Waals surface area contributed by atoms with Crippen molar-refractivity contribution in [2.24, 2.45) is 0 Å². The molecule has 1 aromatic rings. The first-order chi connectivity index (χ1) is 11.9. The molecule has 0 unspecified atom stereocenters. The van der Waals surface area contributed by atoms with Crippen molar-refractivity contribution in [2.45, 2.75) is 31.4 Å². The Hall–Kier alpha value is -2.14. The second kappa shape index (κ2) is 7.00. The van der Waals surface area contributed by atoms with Crippen LogP contribution in [-0.4, -0.2) is 74.3 Å². The molecule has 25 heavy (non-hydrogen) atoms. The minimum atomic E-state index is -2.98. The van der Waals surface area contributed by atoms with Gasteiger partial charge in [0.05, 0.1) is 11.0 Å². The van der Waals surface area contributed by atoms with Gasteiger partial charge in [0.2, 0.25) is 11.6 Å². The van der Waals surface area contributed by atoms with Crippen LogP contribution in [0.5, 0.6) is 0 Å². The van der Waals surface area contributed by atoms with Crippen LogP contribution < -0.4 is 0 Å². The lowest BCUT2D eigenvalue weighted by molar-refractivity contribution is -0.386. The molecule has 2 aliphatic rings. The standard InChI is InChI=1S/C14H19F2N5O4/c15-14(16)13-11(21(24)25)7-20(17-13)10-5-19(6-10)9-1-3-18(4-2-9)12(23)8-22/h7,9-10,14,22H,1-6,8H2. The molecule has 0 aromatic carbocycles. The summed E-state index contributed by atoms with van der Waals surface area (Å²) in [7, 11) is 0. The Morgan fingerprint density at radius 2 is 2.00 bits per heavy atom. The van der Waals surface area contributed by atoms with Gasteiger partial charge in [-0.15, -0.1) is 0 Å². The van der Waals surface area contributed by atoms with Crippen LogP contribution in [0.25, 0.3) is 0 Å². The summed E-state index contributed by atoms with van der Waals surface area (Å²) in [5.74, 6) is -0.275. The molecular weight excluding hydrogens is 340 g/mol. The van der Waals surface area contributed by atoms with Gasteiger partial charge in [-0.1, -0.05) is 0 Å². The van der Waals surface area contributed by atoms with Gasteiger partial charge in [-0.25, -0.2) is 8.78 Å². The number of nitro groups is 1. The number of nitrogens with zero attached hydrogens (tertiary/aromatic N) is 5. The molecule has 0 saturated carbocycles. The molecule has 2 fully saturated rings. The van der Waals surface area contributed by atoms with E-state index in [0.717, 1.165) is 19.0 Å². The van der Waals surface area contributed by atoms with E-state index in [1.54, 1.807) is 4.90 Å². The van der Waals surface area contributed by atoms with E-state index in [2.05, 4.69) is 10.00 Å². The fraction of sp³-hybridized carbons (Fsp3) is 0.714. The lowest BCUT2D eigenvalue weighted by Crippen LogP contribution is -2.56. The molecule has 0 bridgehead atoms. The molecule has 0 spiro atoms. The molecule has 2 aliphatic heterocycles. The highest BCUT2D eigenvalue weighted by molar-refractivity contribution is 5.77. The van der Waals surface area contributed by atoms with Crippen molar-refractivity contribution in [1.82, 2.24) is 19.6 Å². The number of alkyl halides is 2. The van der Waals surface area contributed by atoms with Gasteiger partial charge in [0.1, 0.15) is 12.8 Å². The number of carbonyl (C=O) groups excluding carboxylic acids is 1. The van der Waals surface area contributed by atoms with Gasteiger partial charge in [-0.3, -0.25) is 24.5 Å². The Balaban J connectivity index is 1.56. The molecule has 0 atom stereocenters. The average Bonchev–Trinajstić information content (AvgIpc) is 2.99. The summed E-state index contributed by atoms with van der Waals surface area (Å²) in [5.41, 5.74) is -1.44. The van der Waals surface area contributed by atoms with Crippen LogP contribution in [-0.2, 0) is 4.79 Å². The number of aromatic nitrogens is 2. The molecule has 0 aliphatic carbocycles. The Kier molecular flexibility index (Phi) is 4.95. The van der Waals surface area contributed by atoms with Gasteiger partial charge in [-0.05, 0) is 12.8 Å². The Morgan fingerprint density at radius 1 is 1.36 bits per heavy atom. The topological polar surface area (TPSA) is 105 Å². The number of amides is 1. The summed E-state index contributed by atoms with van der Waals surface area (Å²) < 4.78 is 27.0. The quantitative estimate of drug-likeness (QED) is 0.609. The normalized spacial score (nSPS) is 20.1. The SMILES string of the molecule is O=C(CO)N1CCC(N2CC(n3cc([N+](=O)[O-])c(C(F)F)n3)C2)CC1. The van der Waals surface area contributed by atoms with Gasteiger partial charge in [0, 0.05) is 32.2 Å². The van der Waals surface area contributed by atoms with E-state index < -0.39 is 29.3 Å². The van der Waals surface area contributed by atoms with E-state index in [1.165, 1.54) is 4.68 Å². The summed E-state index contributed by atoms with van der Waals surface area (Å²) >= 11 is 0. The molecule has 9 nitrogen and oxygen atoms in total. The number of aliphatic hydroxyl groups is 1. The number of hydrogen-bond donors (Lipinski definition) is 1. The van der Waals surface area contributed by atoms with Crippen molar-refractivity contribution in [3.8, 4) is 0 Å². The summed E-state index contributed by atoms with van der Waals surface area (Å²) in [6, 6.07) is 0.113. The molecule has 2 saturated heterocycles. The third kappa shape index (κ3) is 3.47. The van der Waals surface area contributed by atoms with Gasteiger partial charge in [0.15, 0.2) is 0 Å². The van der Waals surface area contributed by atoms with Crippen LogP contribution in [0, 0.1) is 10.1 Å². The lowest BCUT2D eigenvalue weighted by Gasteiger charge is -2.46. The first-order valence-electron chi connectivity index (χ1n) is 8.05. The highest BCUT2D eigenvalue weighted by Crippen LogP contribution is 2.32. The molecule has 1 aromatic heterocycles. The summed E-state index contributed by atoms with van der Waals surface area (Å²) in [6.45, 7) is 1.84. The van der Waals surface area contributed by atoms with Crippen LogP contribution in [0.2, 0.25) is 0 Å². The molecule has 11 heteroatoms. The Bertz CT molecular complexity index is 654. The minimum Gasteiger partial charge on any atom is -0.387 e. The van der Waals surface area contributed by atoms with Crippen molar-refractivity contribution in [3.05, 3.63) is 22.0 Å². The van der Waals surface area contributed by atoms with Crippen molar-refractivity contribution < 1.29 is 23.6 Å². The van der Waals surface area contributed by atoms with Crippen molar-refractivity contribution in [3.63, 3.8) is 0 Å². The number of rotatable bonds is 5. The minimum absolute atomic E-state index is 0.164. The zero-order valence-electron chi connectivity index (χ0n) is 13.4. The van der Waals surface area contributed by atoms with Gasteiger partial charge < -0.3 is 10.0 Å². The highest BCUT2D eigenvalue weighted by Gasteiger charge is 2.38. The second-order valence-electron chi connectivity index (χ2n) is 6.32. The molecule has 138 valence electrons. The summed E-state index contributed by atoms with van der Waals surface area (Å²) in [4.78, 5) is 25.2. The smallest absolute Gasteiger partial charge is 0.316 e. The monoisotopic (exact) mass is 359 g/mol. The van der Waals surface area contributed by atoms with Crippen LogP contribution in [0.4, 0.5) is 14.5 Å². The van der Waals surface area contributed by atoms with E-state index in [-0.39, 0.29) is 18.0 Å². The first kappa shape index (κ1) is 17.7. The second-order valence-corrected chi connectivity index (χ2v) is 6.32. The highest BCUT2D eigenvalue weighted by atomic mass is 19.3. The number of carbonyl (C=O) groups is 1. The third-order valence-electron chi connectivity index (χ3n) is 4.88. The number of likely N-dealkylation sites (tertiary alicyclic amines) is 2. The number of piperidine rings is 1. The molecule has 1 amide bonds. The molecule has 0 radical (unpaired) electrons. The lowest BCUT2D eigenvalue weighted by atomic mass is 9.97. The summed E-state index contributed by atoms with van der Waals surface area (Å²) in [6.07, 6.45) is -0.349. The molecule has 3 rings (SSSR count). The Labute approximate surface area is 142 Å². The van der Waals surface area contributed by atoms with Crippen molar-refractivity contribution in [1.29, 1.82) is 0 Å². The summed E-state index contributed by atoms with van der Waals surface area (Å²) in [5, 5.41) is 23.4. The van der Waals surface area contributed by atoms with E-state index in [9.17, 15) is 23.7 Å². The predicted molar refractivity (Wildman–Crippen MR) is 81.1 cm³/mol. The predicted octanol–water partition coefficient (Wildman–Crippen LogP) is 0.569. The van der Waals surface area contributed by atoms with Gasteiger partial charge in [-0.2, -0.15) is 5.10 Å². The largest absolute Gasteiger partial charge is 0.387 e. The third-order valence-corrected chi connectivity index (χ3v) is 4.88. The van der Waals surface area contributed by atoms with Gasteiger partial charge in [0.25, 0.3) is 6.43 Å². The van der Waals surface area contributed by atoms with Gasteiger partial charge >= 0.3 is 5.69 Å². The maximum atomic E-state index is 12.8. The fourth-order valence-corrected chi connectivity index (χ4v) is 3.41. The van der Waals surface area contributed by atoms with Crippen LogP contribution in [0.3, 0.4) is 0 Å². The van der Waals surface area contributed by atoms with Crippen molar-refractivity contribution >= 4 is 11.6 Å². The van der Waals surface area contributed by atoms with E-state index in [0.29, 0.717) is 26.2 Å². The Morgan fingerprint density at radius 3 is 2.48 bits per heavy atom. The van der Waals surface area contributed by atoms with Crippen LogP contribution in [0.1, 0.15) is 31.0 Å². The maximum absolute atomic E-state index is 12.8. The molecular formula is C14H19F2N5O4. The van der Waals surface area contributed by atoms with E-state index in [4.69, 9.17) is 5.11 Å². The van der Waals surface area contributed by atoms with E-state index >= 15 is 0 Å². The maximum Gasteiger partial charge on any atom is 0.316 e. The average molecular weight is 359 g/mol. The zero-order valence-corrected chi connectivity index (χ0v) is 13.4. The number of hydrogen-bond acceptors (Lipinski definition) is 6. The van der Waals surface area contributed by atoms with Crippen molar-refractivity contribution in [2.75, 3.05) is 32.8 Å². The van der Waals surface area contributed by atoms with Crippen LogP contribution in [0.15, 0.2) is 6.20 Å². The number of aliphatic hydroxyl groups excluding tert-OH is 1.